The molecule has 0 radical (unpaired) electrons. The van der Waals surface area contributed by atoms with Gasteiger partial charge >= 0.3 is 0 Å². The zero-order valence-corrected chi connectivity index (χ0v) is 7.89. The normalized spacial score (nSPS) is 9.31. The van der Waals surface area contributed by atoms with Gasteiger partial charge in [0.25, 0.3) is 0 Å². The van der Waals surface area contributed by atoms with E-state index in [0.717, 1.165) is 17.8 Å². The summed E-state index contributed by atoms with van der Waals surface area (Å²) in [5.74, 6) is 0. The van der Waals surface area contributed by atoms with Crippen molar-refractivity contribution in [2.75, 3.05) is 17.6 Å². The Morgan fingerprint density at radius 2 is 2.23 bits per heavy atom. The van der Waals surface area contributed by atoms with E-state index in [9.17, 15) is 0 Å². The highest BCUT2D eigenvalue weighted by Gasteiger charge is 2.03. The molecule has 0 aliphatic carbocycles. The minimum absolute atomic E-state index is 0.529. The van der Waals surface area contributed by atoms with E-state index in [4.69, 9.17) is 11.0 Å². The first kappa shape index (κ1) is 9.40. The number of nitrogen functional groups attached to an aromatic ring is 1. The van der Waals surface area contributed by atoms with Crippen LogP contribution < -0.4 is 11.1 Å². The fraction of sp³-hybridized carbons (Fsp3) is 0.300. The molecule has 0 atom stereocenters. The molecule has 3 nitrogen and oxygen atoms in total. The number of anilines is 2. The van der Waals surface area contributed by atoms with Gasteiger partial charge < -0.3 is 11.1 Å². The third-order valence-corrected chi connectivity index (χ3v) is 1.88. The molecule has 0 amide bonds. The maximum atomic E-state index is 8.74. The van der Waals surface area contributed by atoms with Crippen molar-refractivity contribution < 1.29 is 0 Å². The Morgan fingerprint density at radius 1 is 1.54 bits per heavy atom. The maximum absolute atomic E-state index is 8.74. The second kappa shape index (κ2) is 3.81. The number of aryl methyl sites for hydroxylation is 1. The quantitative estimate of drug-likeness (QED) is 0.674. The van der Waals surface area contributed by atoms with Crippen LogP contribution in [0.2, 0.25) is 0 Å². The first-order chi connectivity index (χ1) is 6.19. The van der Waals surface area contributed by atoms with Crippen LogP contribution in [0.4, 0.5) is 11.4 Å². The molecule has 0 unspecified atom stereocenters. The lowest BCUT2D eigenvalue weighted by Gasteiger charge is -2.08. The maximum Gasteiger partial charge on any atom is 0.101 e. The van der Waals surface area contributed by atoms with E-state index >= 15 is 0 Å². The molecule has 0 aromatic heterocycles. The second-order valence-electron chi connectivity index (χ2n) is 2.90. The molecule has 0 saturated carbocycles. The molecule has 0 heterocycles. The molecule has 1 rings (SSSR count). The molecule has 0 bridgehead atoms. The summed E-state index contributed by atoms with van der Waals surface area (Å²) in [6.45, 7) is 4.83. The van der Waals surface area contributed by atoms with E-state index in [1.54, 1.807) is 6.07 Å². The zero-order valence-electron chi connectivity index (χ0n) is 7.89. The van der Waals surface area contributed by atoms with Gasteiger partial charge in [0.05, 0.1) is 5.56 Å². The largest absolute Gasteiger partial charge is 0.398 e. The average Bonchev–Trinajstić information content (AvgIpc) is 2.10. The molecule has 0 spiro atoms. The number of nitriles is 1. The summed E-state index contributed by atoms with van der Waals surface area (Å²) in [6.07, 6.45) is 0. The molecule has 0 saturated heterocycles. The van der Waals surface area contributed by atoms with Gasteiger partial charge in [-0.05, 0) is 31.5 Å². The van der Waals surface area contributed by atoms with Crippen LogP contribution in [0.1, 0.15) is 18.1 Å². The number of hydrogen-bond donors (Lipinski definition) is 2. The van der Waals surface area contributed by atoms with Crippen LogP contribution in [-0.2, 0) is 0 Å². The fourth-order valence-electron chi connectivity index (χ4n) is 1.21. The Hall–Kier alpha value is -1.69. The highest BCUT2D eigenvalue weighted by molar-refractivity contribution is 5.65. The molecule has 0 aliphatic rings. The summed E-state index contributed by atoms with van der Waals surface area (Å²) in [7, 11) is 0. The van der Waals surface area contributed by atoms with Crippen LogP contribution >= 0.6 is 0 Å². The molecule has 3 heteroatoms. The van der Waals surface area contributed by atoms with E-state index in [0.29, 0.717) is 11.3 Å². The molecule has 1 aromatic carbocycles. The van der Waals surface area contributed by atoms with Gasteiger partial charge in [-0.3, -0.25) is 0 Å². The predicted molar refractivity (Wildman–Crippen MR) is 54.5 cm³/mol. The zero-order chi connectivity index (χ0) is 9.84. The van der Waals surface area contributed by atoms with Crippen LogP contribution in [0.3, 0.4) is 0 Å². The van der Waals surface area contributed by atoms with Gasteiger partial charge in [0.15, 0.2) is 0 Å². The number of hydrogen-bond acceptors (Lipinski definition) is 3. The SMILES string of the molecule is CCNc1cc(C#N)c(N)cc1C. The Morgan fingerprint density at radius 3 is 2.77 bits per heavy atom. The second-order valence-corrected chi connectivity index (χ2v) is 2.90. The number of rotatable bonds is 2. The Bertz CT molecular complexity index is 350. The Balaban J connectivity index is 3.16. The molecule has 0 fully saturated rings. The van der Waals surface area contributed by atoms with Crippen LogP contribution in [0, 0.1) is 18.3 Å². The van der Waals surface area contributed by atoms with E-state index in [-0.39, 0.29) is 0 Å². The molecule has 0 aliphatic heterocycles. The predicted octanol–water partition coefficient (Wildman–Crippen LogP) is 1.88. The summed E-state index contributed by atoms with van der Waals surface area (Å²) in [5.41, 5.74) is 8.77. The first-order valence-corrected chi connectivity index (χ1v) is 4.23. The minimum atomic E-state index is 0.529. The summed E-state index contributed by atoms with van der Waals surface area (Å²) < 4.78 is 0. The number of nitrogens with one attached hydrogen (secondary N) is 1. The van der Waals surface area contributed by atoms with E-state index in [1.165, 1.54) is 0 Å². The van der Waals surface area contributed by atoms with Gasteiger partial charge in [-0.2, -0.15) is 5.26 Å². The summed E-state index contributed by atoms with van der Waals surface area (Å²) >= 11 is 0. The van der Waals surface area contributed by atoms with Crippen molar-refractivity contribution in [1.29, 1.82) is 5.26 Å². The van der Waals surface area contributed by atoms with Gasteiger partial charge in [0, 0.05) is 17.9 Å². The highest BCUT2D eigenvalue weighted by atomic mass is 14.9. The average molecular weight is 175 g/mol. The van der Waals surface area contributed by atoms with Gasteiger partial charge in [0.1, 0.15) is 6.07 Å². The van der Waals surface area contributed by atoms with Crippen molar-refractivity contribution in [3.8, 4) is 6.07 Å². The van der Waals surface area contributed by atoms with Crippen molar-refractivity contribution >= 4 is 11.4 Å². The minimum Gasteiger partial charge on any atom is -0.398 e. The van der Waals surface area contributed by atoms with Crippen LogP contribution in [0.5, 0.6) is 0 Å². The van der Waals surface area contributed by atoms with Gasteiger partial charge in [-0.1, -0.05) is 0 Å². The molecular formula is C10H13N3. The van der Waals surface area contributed by atoms with Crippen molar-refractivity contribution in [2.45, 2.75) is 13.8 Å². The third kappa shape index (κ3) is 1.91. The lowest BCUT2D eigenvalue weighted by Crippen LogP contribution is -2.01. The van der Waals surface area contributed by atoms with Crippen molar-refractivity contribution in [3.63, 3.8) is 0 Å². The Kier molecular flexibility index (Phi) is 2.76. The highest BCUT2D eigenvalue weighted by Crippen LogP contribution is 2.21. The summed E-state index contributed by atoms with van der Waals surface area (Å²) in [4.78, 5) is 0. The van der Waals surface area contributed by atoms with Crippen molar-refractivity contribution in [2.24, 2.45) is 0 Å². The van der Waals surface area contributed by atoms with Crippen LogP contribution in [-0.4, -0.2) is 6.54 Å². The number of benzene rings is 1. The van der Waals surface area contributed by atoms with Crippen molar-refractivity contribution in [3.05, 3.63) is 23.3 Å². The van der Waals surface area contributed by atoms with Gasteiger partial charge in [-0.25, -0.2) is 0 Å². The lowest BCUT2D eigenvalue weighted by atomic mass is 10.1. The van der Waals surface area contributed by atoms with E-state index in [2.05, 4.69) is 11.4 Å². The fourth-order valence-corrected chi connectivity index (χ4v) is 1.21. The summed E-state index contributed by atoms with van der Waals surface area (Å²) in [5, 5.41) is 11.9. The summed E-state index contributed by atoms with van der Waals surface area (Å²) in [6, 6.07) is 5.66. The molecule has 3 N–H and O–H groups in total. The van der Waals surface area contributed by atoms with Gasteiger partial charge in [0.2, 0.25) is 0 Å². The molecule has 13 heavy (non-hydrogen) atoms. The molecular weight excluding hydrogens is 162 g/mol. The number of nitrogens with zero attached hydrogens (tertiary/aromatic N) is 1. The van der Waals surface area contributed by atoms with Gasteiger partial charge in [-0.15, -0.1) is 0 Å². The van der Waals surface area contributed by atoms with E-state index < -0.39 is 0 Å². The first-order valence-electron chi connectivity index (χ1n) is 4.23. The molecule has 1 aromatic rings. The standard InChI is InChI=1S/C10H13N3/c1-3-13-10-5-8(6-11)9(12)4-7(10)2/h4-5,13H,3,12H2,1-2H3. The topological polar surface area (TPSA) is 61.8 Å². The van der Waals surface area contributed by atoms with E-state index in [1.807, 2.05) is 19.9 Å². The number of nitrogens with two attached hydrogens (primary N) is 1. The van der Waals surface area contributed by atoms with Crippen molar-refractivity contribution in [1.82, 2.24) is 0 Å². The monoisotopic (exact) mass is 175 g/mol. The Labute approximate surface area is 78.2 Å². The smallest absolute Gasteiger partial charge is 0.101 e. The third-order valence-electron chi connectivity index (χ3n) is 1.88. The molecule has 68 valence electrons. The van der Waals surface area contributed by atoms with Crippen LogP contribution in [0.25, 0.3) is 0 Å². The lowest BCUT2D eigenvalue weighted by molar-refractivity contribution is 1.20. The van der Waals surface area contributed by atoms with Crippen LogP contribution in [0.15, 0.2) is 12.1 Å².